The first kappa shape index (κ1) is 16.7. The number of nitrogen functional groups attached to an aromatic ring is 1. The first-order valence-corrected chi connectivity index (χ1v) is 8.35. The number of amides is 1. The van der Waals surface area contributed by atoms with Crippen molar-refractivity contribution >= 4 is 11.7 Å². The van der Waals surface area contributed by atoms with E-state index in [4.69, 9.17) is 11.5 Å². The molecule has 0 saturated carbocycles. The number of pyridine rings is 1. The smallest absolute Gasteiger partial charge is 0.239 e. The van der Waals surface area contributed by atoms with Gasteiger partial charge in [-0.3, -0.25) is 4.79 Å². The molecule has 0 radical (unpaired) electrons. The van der Waals surface area contributed by atoms with E-state index < -0.39 is 0 Å². The number of aromatic nitrogens is 1. The van der Waals surface area contributed by atoms with Crippen molar-refractivity contribution in [2.75, 3.05) is 18.8 Å². The van der Waals surface area contributed by atoms with Crippen molar-refractivity contribution in [3.05, 3.63) is 23.9 Å². The molecule has 0 aliphatic carbocycles. The third-order valence-corrected chi connectivity index (χ3v) is 4.65. The maximum absolute atomic E-state index is 12.4. The standard InChI is InChI=1S/C17H28N4O/c1-2-13-8-10-21(11-9-13)17(22)15(18)5-3-4-14-6-7-16(19)20-12-14/h6-7,12-13,15H,2-5,8-11,18H2,1H3,(H2,19,20). The van der Waals surface area contributed by atoms with Gasteiger partial charge in [0.15, 0.2) is 0 Å². The minimum atomic E-state index is -0.375. The van der Waals surface area contributed by atoms with E-state index in [1.807, 2.05) is 11.0 Å². The largest absolute Gasteiger partial charge is 0.384 e. The van der Waals surface area contributed by atoms with E-state index in [1.54, 1.807) is 12.3 Å². The molecule has 22 heavy (non-hydrogen) atoms. The summed E-state index contributed by atoms with van der Waals surface area (Å²) in [6.45, 7) is 3.96. The van der Waals surface area contributed by atoms with Gasteiger partial charge in [-0.1, -0.05) is 19.4 Å². The Morgan fingerprint density at radius 1 is 1.41 bits per heavy atom. The molecule has 1 aromatic rings. The van der Waals surface area contributed by atoms with Crippen LogP contribution in [0, 0.1) is 5.92 Å². The molecule has 122 valence electrons. The van der Waals surface area contributed by atoms with Gasteiger partial charge in [-0.05, 0) is 49.7 Å². The first-order chi connectivity index (χ1) is 10.6. The van der Waals surface area contributed by atoms with Gasteiger partial charge in [-0.2, -0.15) is 0 Å². The minimum Gasteiger partial charge on any atom is -0.384 e. The van der Waals surface area contributed by atoms with Gasteiger partial charge in [0, 0.05) is 19.3 Å². The Bertz CT molecular complexity index is 466. The fourth-order valence-electron chi connectivity index (χ4n) is 3.03. The molecule has 1 amide bonds. The molecule has 1 saturated heterocycles. The predicted octanol–water partition coefficient (Wildman–Crippen LogP) is 1.96. The molecule has 1 aliphatic heterocycles. The van der Waals surface area contributed by atoms with E-state index >= 15 is 0 Å². The van der Waals surface area contributed by atoms with Crippen LogP contribution in [0.25, 0.3) is 0 Å². The van der Waals surface area contributed by atoms with Crippen molar-refractivity contribution in [2.45, 2.75) is 51.5 Å². The zero-order valence-electron chi connectivity index (χ0n) is 13.5. The third-order valence-electron chi connectivity index (χ3n) is 4.65. The Labute approximate surface area is 133 Å². The number of aryl methyl sites for hydroxylation is 1. The van der Waals surface area contributed by atoms with Crippen molar-refractivity contribution < 1.29 is 4.79 Å². The third kappa shape index (κ3) is 4.70. The molecular formula is C17H28N4O. The Hall–Kier alpha value is -1.62. The summed E-state index contributed by atoms with van der Waals surface area (Å²) in [6.07, 6.45) is 7.73. The summed E-state index contributed by atoms with van der Waals surface area (Å²) >= 11 is 0. The topological polar surface area (TPSA) is 85.2 Å². The summed E-state index contributed by atoms with van der Waals surface area (Å²) in [6, 6.07) is 3.41. The summed E-state index contributed by atoms with van der Waals surface area (Å²) in [5.41, 5.74) is 12.8. The monoisotopic (exact) mass is 304 g/mol. The van der Waals surface area contributed by atoms with E-state index in [0.29, 0.717) is 5.82 Å². The van der Waals surface area contributed by atoms with Gasteiger partial charge in [-0.25, -0.2) is 4.98 Å². The van der Waals surface area contributed by atoms with Crippen LogP contribution < -0.4 is 11.5 Å². The van der Waals surface area contributed by atoms with Gasteiger partial charge in [0.2, 0.25) is 5.91 Å². The molecule has 1 aromatic heterocycles. The molecule has 5 nitrogen and oxygen atoms in total. The van der Waals surface area contributed by atoms with E-state index in [2.05, 4.69) is 11.9 Å². The number of hydrogen-bond acceptors (Lipinski definition) is 4. The lowest BCUT2D eigenvalue weighted by atomic mass is 9.94. The lowest BCUT2D eigenvalue weighted by molar-refractivity contribution is -0.134. The summed E-state index contributed by atoms with van der Waals surface area (Å²) in [7, 11) is 0. The number of nitrogens with two attached hydrogens (primary N) is 2. The maximum Gasteiger partial charge on any atom is 0.239 e. The van der Waals surface area contributed by atoms with Crippen LogP contribution in [0.1, 0.15) is 44.6 Å². The van der Waals surface area contributed by atoms with Crippen LogP contribution in [0.15, 0.2) is 18.3 Å². The van der Waals surface area contributed by atoms with Crippen molar-refractivity contribution in [3.8, 4) is 0 Å². The quantitative estimate of drug-likeness (QED) is 0.841. The van der Waals surface area contributed by atoms with Crippen LogP contribution in [-0.4, -0.2) is 34.9 Å². The first-order valence-electron chi connectivity index (χ1n) is 8.35. The van der Waals surface area contributed by atoms with Crippen LogP contribution in [0.3, 0.4) is 0 Å². The number of piperidine rings is 1. The average molecular weight is 304 g/mol. The van der Waals surface area contributed by atoms with E-state index in [-0.39, 0.29) is 11.9 Å². The molecule has 1 fully saturated rings. The Balaban J connectivity index is 1.71. The van der Waals surface area contributed by atoms with Crippen LogP contribution in [-0.2, 0) is 11.2 Å². The summed E-state index contributed by atoms with van der Waals surface area (Å²) in [4.78, 5) is 18.4. The van der Waals surface area contributed by atoms with Crippen molar-refractivity contribution in [1.29, 1.82) is 0 Å². The molecule has 5 heteroatoms. The van der Waals surface area contributed by atoms with E-state index in [0.717, 1.165) is 56.7 Å². The maximum atomic E-state index is 12.4. The summed E-state index contributed by atoms with van der Waals surface area (Å²) in [5.74, 6) is 1.43. The number of likely N-dealkylation sites (tertiary alicyclic amines) is 1. The van der Waals surface area contributed by atoms with Gasteiger partial charge in [0.05, 0.1) is 6.04 Å². The predicted molar refractivity (Wildman–Crippen MR) is 89.2 cm³/mol. The number of rotatable bonds is 6. The molecule has 4 N–H and O–H groups in total. The molecule has 0 spiro atoms. The van der Waals surface area contributed by atoms with Crippen LogP contribution >= 0.6 is 0 Å². The minimum absolute atomic E-state index is 0.116. The van der Waals surface area contributed by atoms with Crippen LogP contribution in [0.5, 0.6) is 0 Å². The highest BCUT2D eigenvalue weighted by Crippen LogP contribution is 2.20. The fourth-order valence-corrected chi connectivity index (χ4v) is 3.03. The Morgan fingerprint density at radius 3 is 2.73 bits per heavy atom. The average Bonchev–Trinajstić information content (AvgIpc) is 2.56. The second kappa shape index (κ2) is 8.13. The zero-order valence-corrected chi connectivity index (χ0v) is 13.5. The van der Waals surface area contributed by atoms with Crippen molar-refractivity contribution in [1.82, 2.24) is 9.88 Å². The van der Waals surface area contributed by atoms with Gasteiger partial charge >= 0.3 is 0 Å². The zero-order chi connectivity index (χ0) is 15.9. The Morgan fingerprint density at radius 2 is 2.14 bits per heavy atom. The van der Waals surface area contributed by atoms with E-state index in [1.165, 1.54) is 6.42 Å². The molecular weight excluding hydrogens is 276 g/mol. The highest BCUT2D eigenvalue weighted by Gasteiger charge is 2.25. The number of hydrogen-bond donors (Lipinski definition) is 2. The van der Waals surface area contributed by atoms with Gasteiger partial charge in [0.25, 0.3) is 0 Å². The summed E-state index contributed by atoms with van der Waals surface area (Å²) in [5, 5.41) is 0. The molecule has 2 rings (SSSR count). The second-order valence-corrected chi connectivity index (χ2v) is 6.27. The lowest BCUT2D eigenvalue weighted by Crippen LogP contribution is -2.47. The highest BCUT2D eigenvalue weighted by molar-refractivity contribution is 5.81. The van der Waals surface area contributed by atoms with Crippen molar-refractivity contribution in [2.24, 2.45) is 11.7 Å². The second-order valence-electron chi connectivity index (χ2n) is 6.27. The van der Waals surface area contributed by atoms with Crippen LogP contribution in [0.2, 0.25) is 0 Å². The van der Waals surface area contributed by atoms with Gasteiger partial charge in [0.1, 0.15) is 5.82 Å². The molecule has 1 unspecified atom stereocenters. The van der Waals surface area contributed by atoms with E-state index in [9.17, 15) is 4.79 Å². The highest BCUT2D eigenvalue weighted by atomic mass is 16.2. The Kier molecular flexibility index (Phi) is 6.19. The lowest BCUT2D eigenvalue weighted by Gasteiger charge is -2.33. The van der Waals surface area contributed by atoms with Gasteiger partial charge < -0.3 is 16.4 Å². The number of carbonyl (C=O) groups is 1. The molecule has 0 aromatic carbocycles. The number of nitrogens with zero attached hydrogens (tertiary/aromatic N) is 2. The van der Waals surface area contributed by atoms with Crippen LogP contribution in [0.4, 0.5) is 5.82 Å². The molecule has 2 heterocycles. The number of carbonyl (C=O) groups excluding carboxylic acids is 1. The number of anilines is 1. The van der Waals surface area contributed by atoms with Crippen molar-refractivity contribution in [3.63, 3.8) is 0 Å². The fraction of sp³-hybridized carbons (Fsp3) is 0.647. The molecule has 1 atom stereocenters. The SMILES string of the molecule is CCC1CCN(C(=O)C(N)CCCc2ccc(N)nc2)CC1. The molecule has 0 bridgehead atoms. The van der Waals surface area contributed by atoms with Gasteiger partial charge in [-0.15, -0.1) is 0 Å². The normalized spacial score (nSPS) is 17.5. The summed E-state index contributed by atoms with van der Waals surface area (Å²) < 4.78 is 0. The molecule has 1 aliphatic rings.